The Bertz CT molecular complexity index is 951. The third-order valence-electron chi connectivity index (χ3n) is 4.34. The van der Waals surface area contributed by atoms with E-state index in [4.69, 9.17) is 9.15 Å². The van der Waals surface area contributed by atoms with Gasteiger partial charge in [0.1, 0.15) is 11.3 Å². The third-order valence-corrected chi connectivity index (χ3v) is 5.22. The quantitative estimate of drug-likeness (QED) is 0.216. The number of hydrogen-bond acceptors (Lipinski definition) is 6. The molecular weight excluding hydrogens is 386 g/mol. The number of thioether (sulfide) groups is 1. The van der Waals surface area contributed by atoms with Crippen molar-refractivity contribution in [2.45, 2.75) is 43.6 Å². The minimum Gasteiger partial charge on any atom is -0.496 e. The van der Waals surface area contributed by atoms with Crippen molar-refractivity contribution in [3.05, 3.63) is 53.6 Å². The molecule has 29 heavy (non-hydrogen) atoms. The summed E-state index contributed by atoms with van der Waals surface area (Å²) in [6, 6.07) is 13.5. The van der Waals surface area contributed by atoms with Crippen LogP contribution in [0.4, 0.5) is 0 Å². The van der Waals surface area contributed by atoms with Gasteiger partial charge in [0.2, 0.25) is 5.91 Å². The number of rotatable bonds is 10. The number of carbonyl (C=O) groups is 1. The van der Waals surface area contributed by atoms with Gasteiger partial charge in [0.25, 0.3) is 5.22 Å². The van der Waals surface area contributed by atoms with Crippen molar-refractivity contribution in [3.8, 4) is 5.75 Å². The van der Waals surface area contributed by atoms with Crippen molar-refractivity contribution < 1.29 is 13.9 Å². The van der Waals surface area contributed by atoms with Crippen molar-refractivity contribution >= 4 is 35.0 Å². The van der Waals surface area contributed by atoms with Crippen LogP contribution < -0.4 is 10.2 Å². The fourth-order valence-corrected chi connectivity index (χ4v) is 3.63. The van der Waals surface area contributed by atoms with E-state index in [0.29, 0.717) is 17.4 Å². The molecular formula is C22H25N3O3S. The molecule has 1 amide bonds. The molecule has 0 unspecified atom stereocenters. The third kappa shape index (κ3) is 6.09. The molecule has 0 saturated heterocycles. The summed E-state index contributed by atoms with van der Waals surface area (Å²) in [6.07, 6.45) is 5.17. The smallest absolute Gasteiger partial charge is 0.257 e. The highest BCUT2D eigenvalue weighted by atomic mass is 32.2. The van der Waals surface area contributed by atoms with E-state index in [0.717, 1.165) is 47.2 Å². The van der Waals surface area contributed by atoms with Crippen molar-refractivity contribution in [2.75, 3.05) is 7.11 Å². The van der Waals surface area contributed by atoms with Gasteiger partial charge in [-0.25, -0.2) is 10.4 Å². The van der Waals surface area contributed by atoms with Gasteiger partial charge in [-0.05, 0) is 42.3 Å². The van der Waals surface area contributed by atoms with Gasteiger partial charge in [0.05, 0.1) is 13.3 Å². The Kier molecular flexibility index (Phi) is 7.69. The molecule has 6 nitrogen and oxygen atoms in total. The molecule has 7 heteroatoms. The lowest BCUT2D eigenvalue weighted by atomic mass is 10.1. The van der Waals surface area contributed by atoms with Crippen LogP contribution in [0.2, 0.25) is 0 Å². The summed E-state index contributed by atoms with van der Waals surface area (Å²) in [5, 5.41) is 4.68. The monoisotopic (exact) mass is 411 g/mol. The fourth-order valence-electron chi connectivity index (χ4n) is 2.81. The number of benzene rings is 2. The predicted molar refractivity (Wildman–Crippen MR) is 116 cm³/mol. The predicted octanol–water partition coefficient (Wildman–Crippen LogP) is 5.16. The number of carbonyl (C=O) groups excluding carboxylic acids is 1. The molecule has 0 aliphatic rings. The minimum absolute atomic E-state index is 0.0602. The number of nitrogens with zero attached hydrogens (tertiary/aromatic N) is 2. The van der Waals surface area contributed by atoms with Gasteiger partial charge in [-0.1, -0.05) is 43.7 Å². The van der Waals surface area contributed by atoms with E-state index in [1.165, 1.54) is 11.8 Å². The Balaban J connectivity index is 1.62. The van der Waals surface area contributed by atoms with E-state index in [1.54, 1.807) is 13.3 Å². The number of nitrogens with one attached hydrogen (secondary N) is 1. The molecule has 152 valence electrons. The summed E-state index contributed by atoms with van der Waals surface area (Å²) in [4.78, 5) is 16.2. The Labute approximate surface area is 174 Å². The van der Waals surface area contributed by atoms with Crippen LogP contribution in [0.15, 0.2) is 57.2 Å². The van der Waals surface area contributed by atoms with E-state index in [2.05, 4.69) is 22.4 Å². The number of methoxy groups -OCH3 is 1. The highest BCUT2D eigenvalue weighted by Crippen LogP contribution is 2.30. The zero-order chi connectivity index (χ0) is 20.5. The summed E-state index contributed by atoms with van der Waals surface area (Å²) in [5.41, 5.74) is 6.08. The first kappa shape index (κ1) is 20.9. The number of hydrazone groups is 1. The Hall–Kier alpha value is -2.80. The van der Waals surface area contributed by atoms with Crippen LogP contribution in [-0.4, -0.2) is 24.2 Å². The van der Waals surface area contributed by atoms with E-state index >= 15 is 0 Å². The van der Waals surface area contributed by atoms with Gasteiger partial charge in [-0.3, -0.25) is 4.79 Å². The number of hydrogen-bond donors (Lipinski definition) is 1. The molecule has 0 saturated carbocycles. The maximum absolute atomic E-state index is 11.7. The number of oxazole rings is 1. The van der Waals surface area contributed by atoms with Gasteiger partial charge in [-0.15, -0.1) is 0 Å². The first-order chi connectivity index (χ1) is 14.2. The number of aromatic nitrogens is 1. The highest BCUT2D eigenvalue weighted by Gasteiger charge is 2.09. The zero-order valence-electron chi connectivity index (χ0n) is 16.7. The summed E-state index contributed by atoms with van der Waals surface area (Å²) < 4.78 is 11.2. The molecule has 0 atom stereocenters. The minimum atomic E-state index is -0.0602. The molecule has 0 spiro atoms. The first-order valence-corrected chi connectivity index (χ1v) is 10.7. The molecule has 1 aromatic heterocycles. The van der Waals surface area contributed by atoms with E-state index in [9.17, 15) is 4.79 Å². The van der Waals surface area contributed by atoms with Gasteiger partial charge in [0, 0.05) is 17.7 Å². The van der Waals surface area contributed by atoms with Crippen molar-refractivity contribution in [1.29, 1.82) is 0 Å². The maximum atomic E-state index is 11.7. The molecule has 0 radical (unpaired) electrons. The lowest BCUT2D eigenvalue weighted by molar-refractivity contribution is -0.121. The largest absolute Gasteiger partial charge is 0.496 e. The second kappa shape index (κ2) is 10.7. The second-order valence-electron chi connectivity index (χ2n) is 6.56. The number of ether oxygens (including phenoxy) is 1. The molecule has 1 N–H and O–H groups in total. The average molecular weight is 412 g/mol. The van der Waals surface area contributed by atoms with E-state index in [1.807, 2.05) is 42.5 Å². The van der Waals surface area contributed by atoms with Crippen molar-refractivity contribution in [3.63, 3.8) is 0 Å². The summed E-state index contributed by atoms with van der Waals surface area (Å²) in [7, 11) is 1.65. The average Bonchev–Trinajstić information content (AvgIpc) is 3.15. The summed E-state index contributed by atoms with van der Waals surface area (Å²) in [5.74, 6) is 1.37. The lowest BCUT2D eigenvalue weighted by Crippen LogP contribution is -2.16. The molecule has 0 aliphatic heterocycles. The number of para-hydroxylation sites is 2. The molecule has 3 rings (SSSR count). The second-order valence-corrected chi connectivity index (χ2v) is 7.48. The lowest BCUT2D eigenvalue weighted by Gasteiger charge is -2.08. The maximum Gasteiger partial charge on any atom is 0.257 e. The van der Waals surface area contributed by atoms with Gasteiger partial charge in [-0.2, -0.15) is 5.10 Å². The Morgan fingerprint density at radius 1 is 1.28 bits per heavy atom. The summed E-state index contributed by atoms with van der Waals surface area (Å²) >= 11 is 1.51. The van der Waals surface area contributed by atoms with Crippen LogP contribution >= 0.6 is 11.8 Å². The van der Waals surface area contributed by atoms with Crippen molar-refractivity contribution in [2.24, 2.45) is 5.10 Å². The molecule has 0 aliphatic carbocycles. The van der Waals surface area contributed by atoms with Crippen LogP contribution in [0, 0.1) is 0 Å². The SMILES string of the molecule is CCCCCC(=O)N/N=C\c1ccc(OC)c(CSc2nc3ccccc3o2)c1. The van der Waals surface area contributed by atoms with Crippen molar-refractivity contribution in [1.82, 2.24) is 10.4 Å². The standard InChI is InChI=1S/C22H25N3O3S/c1-3-4-5-10-21(26)25-23-14-16-11-12-19(27-2)17(13-16)15-29-22-24-18-8-6-7-9-20(18)28-22/h6-9,11-14H,3-5,10,15H2,1-2H3,(H,25,26)/b23-14-. The Morgan fingerprint density at radius 3 is 2.93 bits per heavy atom. The molecule has 3 aromatic rings. The van der Waals surface area contributed by atoms with Crippen LogP contribution in [0.3, 0.4) is 0 Å². The number of amides is 1. The molecule has 0 bridgehead atoms. The van der Waals surface area contributed by atoms with Gasteiger partial charge >= 0.3 is 0 Å². The van der Waals surface area contributed by atoms with Gasteiger partial charge < -0.3 is 9.15 Å². The van der Waals surface area contributed by atoms with E-state index in [-0.39, 0.29) is 5.91 Å². The number of unbranched alkanes of at least 4 members (excludes halogenated alkanes) is 2. The van der Waals surface area contributed by atoms with Gasteiger partial charge in [0.15, 0.2) is 5.58 Å². The molecule has 0 fully saturated rings. The van der Waals surface area contributed by atoms with Crippen LogP contribution in [0.25, 0.3) is 11.1 Å². The topological polar surface area (TPSA) is 76.7 Å². The summed E-state index contributed by atoms with van der Waals surface area (Å²) in [6.45, 7) is 2.11. The van der Waals surface area contributed by atoms with Crippen LogP contribution in [0.5, 0.6) is 5.75 Å². The van der Waals surface area contributed by atoms with Crippen LogP contribution in [-0.2, 0) is 10.5 Å². The van der Waals surface area contributed by atoms with Crippen LogP contribution in [0.1, 0.15) is 43.7 Å². The highest BCUT2D eigenvalue weighted by molar-refractivity contribution is 7.98. The normalized spacial score (nSPS) is 11.2. The zero-order valence-corrected chi connectivity index (χ0v) is 17.5. The fraction of sp³-hybridized carbons (Fsp3) is 0.318. The molecule has 1 heterocycles. The molecule has 2 aromatic carbocycles. The first-order valence-electron chi connectivity index (χ1n) is 9.66. The van der Waals surface area contributed by atoms with E-state index < -0.39 is 0 Å². The Morgan fingerprint density at radius 2 is 2.14 bits per heavy atom. The number of fused-ring (bicyclic) bond motifs is 1.